The fourth-order valence-electron chi connectivity index (χ4n) is 4.73. The van der Waals surface area contributed by atoms with Gasteiger partial charge in [0.2, 0.25) is 0 Å². The van der Waals surface area contributed by atoms with Gasteiger partial charge in [-0.05, 0) is 63.9 Å². The lowest BCUT2D eigenvalue weighted by Crippen LogP contribution is -2.43. The average molecular weight is 566 g/mol. The molecular weight excluding hydrogens is 537 g/mol. The average Bonchev–Trinajstić information content (AvgIpc) is 3.32. The lowest BCUT2D eigenvalue weighted by molar-refractivity contribution is 0.0169. The van der Waals surface area contributed by atoms with E-state index in [4.69, 9.17) is 27.2 Å². The maximum Gasteiger partial charge on any atom is 0.410 e. The molecule has 0 bridgehead atoms. The first kappa shape index (κ1) is 27.3. The van der Waals surface area contributed by atoms with E-state index < -0.39 is 23.4 Å². The predicted octanol–water partition coefficient (Wildman–Crippen LogP) is 5.69. The molecule has 1 saturated heterocycles. The Balaban J connectivity index is 1.51. The molecule has 2 amide bonds. The smallest absolute Gasteiger partial charge is 0.410 e. The van der Waals surface area contributed by atoms with E-state index in [1.54, 1.807) is 34.0 Å². The van der Waals surface area contributed by atoms with Crippen molar-refractivity contribution in [3.8, 4) is 11.3 Å². The van der Waals surface area contributed by atoms with Gasteiger partial charge in [-0.2, -0.15) is 5.10 Å². The molecular formula is C28H29ClFN7O3. The molecule has 0 radical (unpaired) electrons. The van der Waals surface area contributed by atoms with Crippen molar-refractivity contribution in [3.05, 3.63) is 65.2 Å². The molecule has 0 spiro atoms. The summed E-state index contributed by atoms with van der Waals surface area (Å²) in [4.78, 5) is 35.3. The van der Waals surface area contributed by atoms with Crippen LogP contribution in [0.4, 0.5) is 20.8 Å². The largest absolute Gasteiger partial charge is 0.444 e. The van der Waals surface area contributed by atoms with Crippen molar-refractivity contribution in [2.24, 2.45) is 0 Å². The molecule has 208 valence electrons. The highest BCUT2D eigenvalue weighted by Crippen LogP contribution is 2.39. The number of nitrogens with two attached hydrogens (primary N) is 1. The number of piperidine rings is 1. The van der Waals surface area contributed by atoms with Crippen LogP contribution in [0.5, 0.6) is 0 Å². The van der Waals surface area contributed by atoms with Crippen molar-refractivity contribution in [1.29, 1.82) is 0 Å². The number of carbonyl (C=O) groups is 2. The van der Waals surface area contributed by atoms with Gasteiger partial charge in [-0.3, -0.25) is 9.48 Å². The molecule has 5 rings (SSSR count). The first-order valence-corrected chi connectivity index (χ1v) is 13.2. The summed E-state index contributed by atoms with van der Waals surface area (Å²) in [5, 5.41) is 8.09. The van der Waals surface area contributed by atoms with Gasteiger partial charge in [0.25, 0.3) is 5.91 Å². The van der Waals surface area contributed by atoms with Crippen LogP contribution in [0.3, 0.4) is 0 Å². The Morgan fingerprint density at radius 3 is 2.70 bits per heavy atom. The maximum absolute atomic E-state index is 15.6. The highest BCUT2D eigenvalue weighted by Gasteiger charge is 2.31. The number of amides is 2. The normalized spacial score (nSPS) is 15.7. The SMILES string of the molecule is CC(C)(C)OC(=O)N1CCC[C@@H](n2nc(-c3ccc(C(=O)Nc4ccccn4)cc3F)c3c(N)ncc(Cl)c32)C1. The lowest BCUT2D eigenvalue weighted by atomic mass is 10.0. The first-order chi connectivity index (χ1) is 19.0. The van der Waals surface area contributed by atoms with Crippen LogP contribution in [0, 0.1) is 5.82 Å². The van der Waals surface area contributed by atoms with E-state index in [1.165, 1.54) is 18.3 Å². The van der Waals surface area contributed by atoms with Gasteiger partial charge >= 0.3 is 6.09 Å². The number of carbonyl (C=O) groups excluding carboxylic acids is 2. The summed E-state index contributed by atoms with van der Waals surface area (Å²) in [7, 11) is 0. The van der Waals surface area contributed by atoms with Crippen LogP contribution in [0.2, 0.25) is 5.02 Å². The summed E-state index contributed by atoms with van der Waals surface area (Å²) in [5.41, 5.74) is 6.62. The molecule has 0 unspecified atom stereocenters. The summed E-state index contributed by atoms with van der Waals surface area (Å²) in [5.74, 6) is -0.688. The number of nitrogen functional groups attached to an aromatic ring is 1. The number of nitrogens with one attached hydrogen (secondary N) is 1. The zero-order valence-electron chi connectivity index (χ0n) is 22.3. The standard InChI is InChI=1S/C28H29ClFN7O3/c1-28(2,3)40-27(39)36-12-6-7-17(15-36)37-24-19(29)14-33-25(31)22(24)23(35-37)18-10-9-16(13-20(18)30)26(38)34-21-8-4-5-11-32-21/h4-5,8-11,13-14,17H,6-7,12,15H2,1-3H3,(H2,31,33)(H,32,34,38)/t17-/m1/s1. The predicted molar refractivity (Wildman–Crippen MR) is 151 cm³/mol. The van der Waals surface area contributed by atoms with Crippen molar-refractivity contribution in [1.82, 2.24) is 24.6 Å². The maximum atomic E-state index is 15.6. The zero-order valence-corrected chi connectivity index (χ0v) is 23.1. The number of ether oxygens (including phenoxy) is 1. The summed E-state index contributed by atoms with van der Waals surface area (Å²) in [6.07, 6.45) is 3.99. The number of benzene rings is 1. The van der Waals surface area contributed by atoms with Gasteiger partial charge in [-0.25, -0.2) is 19.2 Å². The molecule has 40 heavy (non-hydrogen) atoms. The Morgan fingerprint density at radius 1 is 1.20 bits per heavy atom. The monoisotopic (exact) mass is 565 g/mol. The Bertz CT molecular complexity index is 1590. The van der Waals surface area contributed by atoms with E-state index in [0.29, 0.717) is 47.7 Å². The van der Waals surface area contributed by atoms with Crippen LogP contribution < -0.4 is 11.1 Å². The Morgan fingerprint density at radius 2 is 2.00 bits per heavy atom. The van der Waals surface area contributed by atoms with Gasteiger partial charge in [-0.15, -0.1) is 0 Å². The van der Waals surface area contributed by atoms with E-state index in [-0.39, 0.29) is 28.7 Å². The van der Waals surface area contributed by atoms with E-state index in [0.717, 1.165) is 6.07 Å². The number of aromatic nitrogens is 4. The molecule has 4 heterocycles. The van der Waals surface area contributed by atoms with E-state index in [1.807, 2.05) is 20.8 Å². The van der Waals surface area contributed by atoms with Gasteiger partial charge in [0.15, 0.2) is 0 Å². The number of fused-ring (bicyclic) bond motifs is 1. The van der Waals surface area contributed by atoms with E-state index in [9.17, 15) is 9.59 Å². The molecule has 1 aliphatic heterocycles. The van der Waals surface area contributed by atoms with E-state index >= 15 is 4.39 Å². The second-order valence-corrected chi connectivity index (χ2v) is 11.0. The minimum Gasteiger partial charge on any atom is -0.444 e. The Hall–Kier alpha value is -4.25. The van der Waals surface area contributed by atoms with Crippen LogP contribution in [-0.4, -0.2) is 55.3 Å². The molecule has 1 aliphatic rings. The molecule has 12 heteroatoms. The molecule has 0 aliphatic carbocycles. The highest BCUT2D eigenvalue weighted by molar-refractivity contribution is 6.35. The number of hydrogen-bond acceptors (Lipinski definition) is 7. The number of rotatable bonds is 4. The summed E-state index contributed by atoms with van der Waals surface area (Å²) >= 11 is 6.59. The minimum atomic E-state index is -0.668. The molecule has 0 saturated carbocycles. The molecule has 1 atom stereocenters. The number of likely N-dealkylation sites (tertiary alicyclic amines) is 1. The number of pyridine rings is 2. The number of halogens is 2. The lowest BCUT2D eigenvalue weighted by Gasteiger charge is -2.34. The minimum absolute atomic E-state index is 0.111. The van der Waals surface area contributed by atoms with Gasteiger partial charge in [0, 0.05) is 30.4 Å². The molecule has 3 N–H and O–H groups in total. The number of nitrogens with zero attached hydrogens (tertiary/aromatic N) is 5. The van der Waals surface area contributed by atoms with Crippen LogP contribution in [0.15, 0.2) is 48.8 Å². The highest BCUT2D eigenvalue weighted by atomic mass is 35.5. The van der Waals surface area contributed by atoms with Gasteiger partial charge in [-0.1, -0.05) is 17.7 Å². The fourth-order valence-corrected chi connectivity index (χ4v) is 4.96. The van der Waals surface area contributed by atoms with Crippen molar-refractivity contribution in [3.63, 3.8) is 0 Å². The first-order valence-electron chi connectivity index (χ1n) is 12.8. The van der Waals surface area contributed by atoms with Gasteiger partial charge in [0.05, 0.1) is 28.2 Å². The molecule has 4 aromatic rings. The molecule has 3 aromatic heterocycles. The molecule has 10 nitrogen and oxygen atoms in total. The third-order valence-electron chi connectivity index (χ3n) is 6.50. The third-order valence-corrected chi connectivity index (χ3v) is 6.77. The van der Waals surface area contributed by atoms with Crippen LogP contribution in [0.25, 0.3) is 22.2 Å². The Kier molecular flexibility index (Phi) is 7.33. The summed E-state index contributed by atoms with van der Waals surface area (Å²) < 4.78 is 22.8. The molecule has 1 aromatic carbocycles. The van der Waals surface area contributed by atoms with Gasteiger partial charge in [0.1, 0.15) is 28.7 Å². The quantitative estimate of drug-likeness (QED) is 0.325. The van der Waals surface area contributed by atoms with Crippen molar-refractivity contribution >= 4 is 46.1 Å². The number of anilines is 2. The Labute approximate surface area is 235 Å². The second kappa shape index (κ2) is 10.7. The summed E-state index contributed by atoms with van der Waals surface area (Å²) in [6, 6.07) is 8.94. The second-order valence-electron chi connectivity index (χ2n) is 10.6. The number of hydrogen-bond donors (Lipinski definition) is 2. The fraction of sp³-hybridized carbons (Fsp3) is 0.321. The van der Waals surface area contributed by atoms with Gasteiger partial charge < -0.3 is 20.7 Å². The zero-order chi connectivity index (χ0) is 28.6. The van der Waals surface area contributed by atoms with Crippen molar-refractivity contribution in [2.45, 2.75) is 45.3 Å². The topological polar surface area (TPSA) is 128 Å². The van der Waals surface area contributed by atoms with Crippen LogP contribution in [-0.2, 0) is 4.74 Å². The molecule has 1 fully saturated rings. The summed E-state index contributed by atoms with van der Waals surface area (Å²) in [6.45, 7) is 6.33. The van der Waals surface area contributed by atoms with Crippen molar-refractivity contribution in [2.75, 3.05) is 24.1 Å². The third kappa shape index (κ3) is 5.55. The van der Waals surface area contributed by atoms with Crippen LogP contribution >= 0.6 is 11.6 Å². The van der Waals surface area contributed by atoms with Crippen LogP contribution in [0.1, 0.15) is 50.0 Å². The van der Waals surface area contributed by atoms with Crippen molar-refractivity contribution < 1.29 is 18.7 Å². The van der Waals surface area contributed by atoms with E-state index in [2.05, 4.69) is 15.3 Å².